The average molecular weight is 556 g/mol. The predicted octanol–water partition coefficient (Wildman–Crippen LogP) is 5.11. The van der Waals surface area contributed by atoms with Crippen molar-refractivity contribution in [3.63, 3.8) is 0 Å². The summed E-state index contributed by atoms with van der Waals surface area (Å²) in [4.78, 5) is 48.2. The Kier molecular flexibility index (Phi) is 14.7. The maximum absolute atomic E-state index is 12.3. The van der Waals surface area contributed by atoms with Gasteiger partial charge in [-0.2, -0.15) is 0 Å². The molecule has 0 fully saturated rings. The zero-order valence-electron chi connectivity index (χ0n) is 23.5. The highest BCUT2D eigenvalue weighted by molar-refractivity contribution is 5.75. The van der Waals surface area contributed by atoms with Crippen molar-refractivity contribution in [2.45, 2.75) is 66.3 Å². The lowest BCUT2D eigenvalue weighted by Gasteiger charge is -2.27. The van der Waals surface area contributed by atoms with Gasteiger partial charge in [-0.1, -0.05) is 54.0 Å². The minimum absolute atomic E-state index is 0.0399. The smallest absolute Gasteiger partial charge is 0.480 e. The fourth-order valence-corrected chi connectivity index (χ4v) is 3.29. The number of carboxylic acid groups (broad SMARTS) is 1. The van der Waals surface area contributed by atoms with E-state index in [-0.39, 0.29) is 49.8 Å². The molecule has 2 unspecified atom stereocenters. The molecular formula is C27H41NO11. The molecule has 220 valence electrons. The molecule has 0 saturated heterocycles. The van der Waals surface area contributed by atoms with Crippen LogP contribution in [0.4, 0.5) is 14.4 Å². The number of ether oxygens (including phenoxy) is 6. The Morgan fingerprint density at radius 1 is 0.795 bits per heavy atom. The first-order valence-corrected chi connectivity index (χ1v) is 13.0. The molecule has 1 aromatic carbocycles. The first-order chi connectivity index (χ1) is 18.3. The minimum atomic E-state index is -1.41. The van der Waals surface area contributed by atoms with E-state index >= 15 is 0 Å². The number of benzene rings is 1. The molecule has 12 nitrogen and oxygen atoms in total. The summed E-state index contributed by atoms with van der Waals surface area (Å²) in [5.74, 6) is -3.06. The summed E-state index contributed by atoms with van der Waals surface area (Å²) in [7, 11) is 0. The van der Waals surface area contributed by atoms with Crippen LogP contribution in [0.3, 0.4) is 0 Å². The molecular weight excluding hydrogens is 514 g/mol. The molecule has 0 amide bonds. The van der Waals surface area contributed by atoms with E-state index in [1.807, 2.05) is 34.6 Å². The van der Waals surface area contributed by atoms with Crippen LogP contribution in [0.2, 0.25) is 0 Å². The second-order valence-corrected chi connectivity index (χ2v) is 9.95. The zero-order valence-corrected chi connectivity index (χ0v) is 23.5. The molecule has 0 radical (unpaired) electrons. The largest absolute Gasteiger partial charge is 0.513 e. The van der Waals surface area contributed by atoms with Crippen LogP contribution in [-0.2, 0) is 23.7 Å². The monoisotopic (exact) mass is 555 g/mol. The van der Waals surface area contributed by atoms with E-state index in [4.69, 9.17) is 34.2 Å². The highest BCUT2D eigenvalue weighted by atomic mass is 16.7. The van der Waals surface area contributed by atoms with Crippen LogP contribution < -0.4 is 15.2 Å². The lowest BCUT2D eigenvalue weighted by atomic mass is 9.82. The number of rotatable bonds is 15. The number of carbonyl (C=O) groups excluding carboxylic acids is 3. The first-order valence-electron chi connectivity index (χ1n) is 13.0. The lowest BCUT2D eigenvalue weighted by molar-refractivity contribution is -0.139. The fourth-order valence-electron chi connectivity index (χ4n) is 3.29. The van der Waals surface area contributed by atoms with Gasteiger partial charge >= 0.3 is 24.4 Å². The Balaban J connectivity index is 3.26. The number of unbranched alkanes of at least 4 members (excludes halogenated alkanes) is 1. The quantitative estimate of drug-likeness (QED) is 0.127. The van der Waals surface area contributed by atoms with Crippen molar-refractivity contribution in [3.8, 4) is 11.5 Å². The van der Waals surface area contributed by atoms with E-state index in [2.05, 4.69) is 0 Å². The maximum Gasteiger partial charge on any atom is 0.513 e. The van der Waals surface area contributed by atoms with Crippen LogP contribution in [0.5, 0.6) is 11.5 Å². The van der Waals surface area contributed by atoms with Gasteiger partial charge in [-0.25, -0.2) is 14.4 Å². The SMILES string of the molecule is CCCCOC(=O)OCC(C)C(c1ccc(OC(=O)OCC(C)C)c(OC(=O)OCC(C)C)c1)[C@H](N)C(=O)O. The molecule has 1 aromatic rings. The summed E-state index contributed by atoms with van der Waals surface area (Å²) in [5.41, 5.74) is 6.34. The Morgan fingerprint density at radius 2 is 1.33 bits per heavy atom. The molecule has 0 heterocycles. The van der Waals surface area contributed by atoms with Crippen molar-refractivity contribution in [1.82, 2.24) is 0 Å². The summed E-state index contributed by atoms with van der Waals surface area (Å²) in [6.07, 6.45) is -1.42. The third-order valence-electron chi connectivity index (χ3n) is 5.28. The molecule has 0 aliphatic rings. The minimum Gasteiger partial charge on any atom is -0.480 e. The average Bonchev–Trinajstić information content (AvgIpc) is 2.86. The van der Waals surface area contributed by atoms with Gasteiger partial charge in [-0.15, -0.1) is 0 Å². The highest BCUT2D eigenvalue weighted by Gasteiger charge is 2.33. The molecule has 0 aliphatic heterocycles. The van der Waals surface area contributed by atoms with E-state index in [0.717, 1.165) is 6.42 Å². The van der Waals surface area contributed by atoms with Gasteiger partial charge in [0.25, 0.3) is 0 Å². The standard InChI is InChI=1S/C27H41NO11/c1-7-8-11-34-25(31)37-15-18(6)22(23(28)24(29)30)19-9-10-20(38-26(32)35-13-16(2)3)21(12-19)39-27(33)36-14-17(4)5/h9-10,12,16-18,22-23H,7-8,11,13-15,28H2,1-6H3,(H,29,30)/t18?,22?,23-/m0/s1. The van der Waals surface area contributed by atoms with Crippen LogP contribution in [0.25, 0.3) is 0 Å². The Morgan fingerprint density at radius 3 is 1.85 bits per heavy atom. The summed E-state index contributed by atoms with van der Waals surface area (Å²) in [6.45, 7) is 11.2. The first kappa shape index (κ1) is 33.5. The second kappa shape index (κ2) is 17.1. The molecule has 39 heavy (non-hydrogen) atoms. The predicted molar refractivity (Wildman–Crippen MR) is 140 cm³/mol. The second-order valence-electron chi connectivity index (χ2n) is 9.95. The zero-order chi connectivity index (χ0) is 29.5. The van der Waals surface area contributed by atoms with Gasteiger partial charge in [0.05, 0.1) is 26.4 Å². The van der Waals surface area contributed by atoms with E-state index in [1.54, 1.807) is 6.92 Å². The van der Waals surface area contributed by atoms with Gasteiger partial charge in [0.15, 0.2) is 11.5 Å². The van der Waals surface area contributed by atoms with Gasteiger partial charge in [0.1, 0.15) is 6.04 Å². The van der Waals surface area contributed by atoms with Gasteiger partial charge in [-0.3, -0.25) is 4.79 Å². The van der Waals surface area contributed by atoms with Crippen molar-refractivity contribution in [3.05, 3.63) is 23.8 Å². The maximum atomic E-state index is 12.3. The molecule has 3 N–H and O–H groups in total. The van der Waals surface area contributed by atoms with Crippen LogP contribution in [0.1, 0.15) is 65.9 Å². The summed E-state index contributed by atoms with van der Waals surface area (Å²) < 4.78 is 30.7. The van der Waals surface area contributed by atoms with Crippen molar-refractivity contribution in [2.75, 3.05) is 26.4 Å². The van der Waals surface area contributed by atoms with Crippen LogP contribution in [0.15, 0.2) is 18.2 Å². The van der Waals surface area contributed by atoms with Crippen LogP contribution in [0, 0.1) is 17.8 Å². The number of hydrogen-bond acceptors (Lipinski definition) is 11. The topological polar surface area (TPSA) is 170 Å². The Hall–Kier alpha value is -3.54. The van der Waals surface area contributed by atoms with Gasteiger partial charge in [0.2, 0.25) is 0 Å². The highest BCUT2D eigenvalue weighted by Crippen LogP contribution is 2.36. The molecule has 0 bridgehead atoms. The van der Waals surface area contributed by atoms with Crippen LogP contribution in [-0.4, -0.2) is 62.0 Å². The van der Waals surface area contributed by atoms with Crippen molar-refractivity contribution in [1.29, 1.82) is 0 Å². The molecule has 0 spiro atoms. The third kappa shape index (κ3) is 12.7. The van der Waals surface area contributed by atoms with Crippen molar-refractivity contribution >= 4 is 24.4 Å². The van der Waals surface area contributed by atoms with Gasteiger partial charge in [0, 0.05) is 5.92 Å². The van der Waals surface area contributed by atoms with E-state index < -0.39 is 42.3 Å². The lowest BCUT2D eigenvalue weighted by Crippen LogP contribution is -2.40. The van der Waals surface area contributed by atoms with Gasteiger partial charge in [-0.05, 0) is 41.9 Å². The molecule has 0 aliphatic carbocycles. The summed E-state index contributed by atoms with van der Waals surface area (Å²) in [5, 5.41) is 9.65. The van der Waals surface area contributed by atoms with Crippen molar-refractivity contribution < 1.29 is 52.7 Å². The number of aliphatic carboxylic acids is 1. The Labute approximate surface area is 229 Å². The number of carboxylic acids is 1. The summed E-state index contributed by atoms with van der Waals surface area (Å²) >= 11 is 0. The van der Waals surface area contributed by atoms with E-state index in [1.165, 1.54) is 18.2 Å². The number of nitrogens with two attached hydrogens (primary N) is 1. The third-order valence-corrected chi connectivity index (χ3v) is 5.28. The summed E-state index contributed by atoms with van der Waals surface area (Å²) in [6, 6.07) is 2.71. The van der Waals surface area contributed by atoms with E-state index in [0.29, 0.717) is 12.0 Å². The molecule has 1 rings (SSSR count). The fraction of sp³-hybridized carbons (Fsp3) is 0.630. The van der Waals surface area contributed by atoms with E-state index in [9.17, 15) is 24.3 Å². The van der Waals surface area contributed by atoms with Gasteiger partial charge < -0.3 is 39.3 Å². The normalized spacial score (nSPS) is 13.3. The molecule has 3 atom stereocenters. The molecule has 0 saturated carbocycles. The van der Waals surface area contributed by atoms with Crippen LogP contribution >= 0.6 is 0 Å². The number of carbonyl (C=O) groups is 4. The Bertz CT molecular complexity index is 948. The molecule has 12 heteroatoms. The van der Waals surface area contributed by atoms with Crippen molar-refractivity contribution in [2.24, 2.45) is 23.5 Å². The number of hydrogen-bond donors (Lipinski definition) is 2. The molecule has 0 aromatic heterocycles.